The molecule has 2 aromatic carbocycles. The van der Waals surface area contributed by atoms with Gasteiger partial charge in [0.05, 0.1) is 12.2 Å². The Morgan fingerprint density at radius 1 is 1.03 bits per heavy atom. The normalized spacial score (nSPS) is 20.7. The molecule has 166 valence electrons. The number of dihydropyridines is 1. The van der Waals surface area contributed by atoms with Crippen molar-refractivity contribution in [3.05, 3.63) is 94.1 Å². The second-order valence-corrected chi connectivity index (χ2v) is 8.11. The first kappa shape index (κ1) is 22.0. The fourth-order valence-corrected chi connectivity index (χ4v) is 4.55. The predicted octanol–water partition coefficient (Wildman–Crippen LogP) is 4.38. The second-order valence-electron chi connectivity index (χ2n) is 8.11. The van der Waals surface area contributed by atoms with Crippen LogP contribution in [-0.4, -0.2) is 32.1 Å². The van der Waals surface area contributed by atoms with Gasteiger partial charge in [-0.3, -0.25) is 4.79 Å². The van der Waals surface area contributed by atoms with Crippen molar-refractivity contribution in [1.82, 2.24) is 5.32 Å². The lowest BCUT2D eigenvalue weighted by molar-refractivity contribution is -0.140. The number of Topliss-reactive ketones (excluding diaryl/α,β-unsaturated/α-hetero) is 1. The van der Waals surface area contributed by atoms with Gasteiger partial charge in [-0.05, 0) is 42.5 Å². The molecular weight excluding hydrogens is 409 g/mol. The molecule has 32 heavy (non-hydrogen) atoms. The van der Waals surface area contributed by atoms with Crippen molar-refractivity contribution < 1.29 is 23.5 Å². The Hall–Kier alpha value is -3.25. The first-order valence-corrected chi connectivity index (χ1v) is 10.7. The molecule has 0 bridgehead atoms. The summed E-state index contributed by atoms with van der Waals surface area (Å²) in [4.78, 5) is 26.4. The highest BCUT2D eigenvalue weighted by atomic mass is 19.1. The Morgan fingerprint density at radius 3 is 2.44 bits per heavy atom. The van der Waals surface area contributed by atoms with E-state index < -0.39 is 11.9 Å². The van der Waals surface area contributed by atoms with Gasteiger partial charge in [-0.15, -0.1) is 0 Å². The maximum absolute atomic E-state index is 13.6. The van der Waals surface area contributed by atoms with Crippen LogP contribution in [0.2, 0.25) is 0 Å². The molecule has 0 fully saturated rings. The van der Waals surface area contributed by atoms with Crippen molar-refractivity contribution in [3.8, 4) is 0 Å². The lowest BCUT2D eigenvalue weighted by Crippen LogP contribution is -2.36. The first-order valence-electron chi connectivity index (χ1n) is 10.7. The zero-order valence-corrected chi connectivity index (χ0v) is 18.2. The first-order chi connectivity index (χ1) is 15.5. The average Bonchev–Trinajstić information content (AvgIpc) is 2.79. The minimum atomic E-state index is -0.605. The maximum atomic E-state index is 13.6. The van der Waals surface area contributed by atoms with Crippen molar-refractivity contribution in [3.63, 3.8) is 0 Å². The lowest BCUT2D eigenvalue weighted by Gasteiger charge is -2.36. The maximum Gasteiger partial charge on any atom is 0.336 e. The van der Waals surface area contributed by atoms with E-state index in [1.807, 2.05) is 37.3 Å². The molecule has 2 aromatic rings. The number of hydrogen-bond donors (Lipinski definition) is 1. The third-order valence-corrected chi connectivity index (χ3v) is 6.04. The molecular formula is C26H26FNO4. The van der Waals surface area contributed by atoms with Gasteiger partial charge in [-0.2, -0.15) is 0 Å². The predicted molar refractivity (Wildman–Crippen MR) is 118 cm³/mol. The molecule has 0 aromatic heterocycles. The minimum Gasteiger partial charge on any atom is -0.460 e. The van der Waals surface area contributed by atoms with Crippen LogP contribution in [0.1, 0.15) is 42.7 Å². The summed E-state index contributed by atoms with van der Waals surface area (Å²) in [6, 6.07) is 15.9. The molecule has 1 aliphatic heterocycles. The van der Waals surface area contributed by atoms with E-state index >= 15 is 0 Å². The number of rotatable bonds is 6. The van der Waals surface area contributed by atoms with Crippen LogP contribution in [0, 0.1) is 5.82 Å². The van der Waals surface area contributed by atoms with Gasteiger partial charge in [-0.25, -0.2) is 9.18 Å². The fraction of sp³-hybridized carbons (Fsp3) is 0.308. The molecule has 0 saturated heterocycles. The summed E-state index contributed by atoms with van der Waals surface area (Å²) in [6.45, 7) is 2.19. The summed E-state index contributed by atoms with van der Waals surface area (Å²) >= 11 is 0. The largest absolute Gasteiger partial charge is 0.460 e. The Kier molecular flexibility index (Phi) is 6.51. The number of carbonyl (C=O) groups excluding carboxylic acids is 2. The van der Waals surface area contributed by atoms with Crippen LogP contribution in [-0.2, 0) is 19.1 Å². The van der Waals surface area contributed by atoms with E-state index in [1.54, 1.807) is 12.1 Å². The highest BCUT2D eigenvalue weighted by Gasteiger charge is 2.41. The third-order valence-electron chi connectivity index (χ3n) is 6.04. The summed E-state index contributed by atoms with van der Waals surface area (Å²) in [5.41, 5.74) is 4.19. The van der Waals surface area contributed by atoms with Gasteiger partial charge >= 0.3 is 5.97 Å². The van der Waals surface area contributed by atoms with Gasteiger partial charge in [0.2, 0.25) is 0 Å². The van der Waals surface area contributed by atoms with Crippen molar-refractivity contribution in [1.29, 1.82) is 0 Å². The molecule has 5 nitrogen and oxygen atoms in total. The van der Waals surface area contributed by atoms with Gasteiger partial charge in [0, 0.05) is 36.4 Å². The minimum absolute atomic E-state index is 0.0170. The molecule has 1 N–H and O–H groups in total. The van der Waals surface area contributed by atoms with Crippen LogP contribution in [0.3, 0.4) is 0 Å². The van der Waals surface area contributed by atoms with Crippen LogP contribution in [0.5, 0.6) is 0 Å². The molecule has 2 aliphatic rings. The van der Waals surface area contributed by atoms with E-state index in [1.165, 1.54) is 19.2 Å². The zero-order chi connectivity index (χ0) is 22.7. The standard InChI is InChI=1S/C26H26FNO4/c1-16-23(26(30)32-13-12-31-2)24(18-8-10-20(27)11-9-18)25-21(28-16)14-19(15-22(25)29)17-6-4-3-5-7-17/h3-11,19,24,28H,12-15H2,1-2H3/t19-,24+/m1/s1. The molecule has 1 aliphatic carbocycles. The van der Waals surface area contributed by atoms with Gasteiger partial charge in [0.1, 0.15) is 12.4 Å². The molecule has 4 rings (SSSR count). The highest BCUT2D eigenvalue weighted by Crippen LogP contribution is 2.45. The SMILES string of the molecule is COCCOC(=O)C1=C(C)NC2=C(C(=O)C[C@H](c3ccccc3)C2)[C@H]1c1ccc(F)cc1. The fourth-order valence-electron chi connectivity index (χ4n) is 4.55. The smallest absolute Gasteiger partial charge is 0.336 e. The second kappa shape index (κ2) is 9.49. The Morgan fingerprint density at radius 2 is 1.75 bits per heavy atom. The van der Waals surface area contributed by atoms with E-state index in [9.17, 15) is 14.0 Å². The number of hydrogen-bond acceptors (Lipinski definition) is 5. The van der Waals surface area contributed by atoms with E-state index in [0.29, 0.717) is 35.2 Å². The monoisotopic (exact) mass is 435 g/mol. The van der Waals surface area contributed by atoms with Crippen LogP contribution in [0.15, 0.2) is 77.1 Å². The number of halogens is 1. The van der Waals surface area contributed by atoms with Gasteiger partial charge in [0.15, 0.2) is 5.78 Å². The van der Waals surface area contributed by atoms with E-state index in [4.69, 9.17) is 9.47 Å². The molecule has 0 unspecified atom stereocenters. The van der Waals surface area contributed by atoms with Crippen molar-refractivity contribution in [2.24, 2.45) is 0 Å². The van der Waals surface area contributed by atoms with E-state index in [2.05, 4.69) is 5.32 Å². The molecule has 6 heteroatoms. The summed E-state index contributed by atoms with van der Waals surface area (Å²) in [5, 5.41) is 3.31. The van der Waals surface area contributed by atoms with Crippen molar-refractivity contribution in [2.45, 2.75) is 31.6 Å². The van der Waals surface area contributed by atoms with Crippen LogP contribution in [0.25, 0.3) is 0 Å². The van der Waals surface area contributed by atoms with Crippen molar-refractivity contribution >= 4 is 11.8 Å². The number of esters is 1. The molecule has 0 radical (unpaired) electrons. The number of carbonyl (C=O) groups is 2. The van der Waals surface area contributed by atoms with Gasteiger partial charge in [0.25, 0.3) is 0 Å². The lowest BCUT2D eigenvalue weighted by atomic mass is 9.72. The molecule has 1 heterocycles. The van der Waals surface area contributed by atoms with Crippen molar-refractivity contribution in [2.75, 3.05) is 20.3 Å². The third kappa shape index (κ3) is 4.36. The number of allylic oxidation sites excluding steroid dienone is 3. The average molecular weight is 435 g/mol. The number of methoxy groups -OCH3 is 1. The summed E-state index contributed by atoms with van der Waals surface area (Å²) in [6.07, 6.45) is 1.01. The summed E-state index contributed by atoms with van der Waals surface area (Å²) in [7, 11) is 1.53. The van der Waals surface area contributed by atoms with E-state index in [0.717, 1.165) is 11.3 Å². The van der Waals surface area contributed by atoms with E-state index in [-0.39, 0.29) is 30.7 Å². The Bertz CT molecular complexity index is 1070. The number of ketones is 1. The Balaban J connectivity index is 1.74. The highest BCUT2D eigenvalue weighted by molar-refractivity contribution is 6.04. The van der Waals surface area contributed by atoms with Gasteiger partial charge in [-0.1, -0.05) is 42.5 Å². The molecule has 0 amide bonds. The Labute approximate surface area is 186 Å². The van der Waals surface area contributed by atoms with Crippen LogP contribution in [0.4, 0.5) is 4.39 Å². The van der Waals surface area contributed by atoms with Gasteiger partial charge < -0.3 is 14.8 Å². The summed E-state index contributed by atoms with van der Waals surface area (Å²) < 4.78 is 24.0. The number of ether oxygens (including phenoxy) is 2. The number of nitrogens with one attached hydrogen (secondary N) is 1. The molecule has 0 spiro atoms. The quantitative estimate of drug-likeness (QED) is 0.539. The zero-order valence-electron chi connectivity index (χ0n) is 18.2. The topological polar surface area (TPSA) is 64.6 Å². The van der Waals surface area contributed by atoms with Crippen LogP contribution < -0.4 is 5.32 Å². The molecule has 2 atom stereocenters. The van der Waals surface area contributed by atoms with Crippen LogP contribution >= 0.6 is 0 Å². The summed E-state index contributed by atoms with van der Waals surface area (Å²) in [5.74, 6) is -1.44. The number of benzene rings is 2. The molecule has 0 saturated carbocycles.